The van der Waals surface area contributed by atoms with Crippen LogP contribution in [0.25, 0.3) is 22.4 Å². The van der Waals surface area contributed by atoms with Crippen molar-refractivity contribution in [3.8, 4) is 11.5 Å². The number of hydrogen-bond acceptors (Lipinski definition) is 5. The predicted molar refractivity (Wildman–Crippen MR) is 83.6 cm³/mol. The van der Waals surface area contributed by atoms with Gasteiger partial charge < -0.3 is 9.42 Å². The monoisotopic (exact) mass is 311 g/mol. The summed E-state index contributed by atoms with van der Waals surface area (Å²) in [5.41, 5.74) is 1.63. The average molecular weight is 311 g/mol. The highest BCUT2D eigenvalue weighted by molar-refractivity contribution is 5.90. The number of carbonyl (C=O) groups is 1. The Morgan fingerprint density at radius 3 is 3.13 bits per heavy atom. The molecule has 0 spiro atoms. The Hall–Kier alpha value is -2.70. The maximum Gasteiger partial charge on any atom is 0.231 e. The molecule has 118 valence electrons. The van der Waals surface area contributed by atoms with Gasteiger partial charge in [0, 0.05) is 25.4 Å². The highest BCUT2D eigenvalue weighted by Crippen LogP contribution is 2.29. The molecule has 0 radical (unpaired) electrons. The number of amides is 1. The van der Waals surface area contributed by atoms with Gasteiger partial charge in [-0.05, 0) is 18.9 Å². The molecule has 1 unspecified atom stereocenters. The fraction of sp³-hybridized carbons (Fsp3) is 0.375. The summed E-state index contributed by atoms with van der Waals surface area (Å²) < 4.78 is 5.45. The fourth-order valence-corrected chi connectivity index (χ4v) is 3.10. The van der Waals surface area contributed by atoms with Crippen LogP contribution in [0, 0.1) is 0 Å². The molecule has 7 heteroatoms. The number of nitrogens with one attached hydrogen (secondary N) is 1. The Morgan fingerprint density at radius 1 is 1.39 bits per heavy atom. The van der Waals surface area contributed by atoms with E-state index in [-0.39, 0.29) is 11.8 Å². The summed E-state index contributed by atoms with van der Waals surface area (Å²) >= 11 is 0. The molecule has 7 nitrogen and oxygen atoms in total. The predicted octanol–water partition coefficient (Wildman–Crippen LogP) is 2.34. The fourth-order valence-electron chi connectivity index (χ4n) is 3.10. The van der Waals surface area contributed by atoms with Gasteiger partial charge in [-0.25, -0.2) is 0 Å². The second-order valence-corrected chi connectivity index (χ2v) is 5.88. The Labute approximate surface area is 132 Å². The number of rotatable bonds is 2. The maximum atomic E-state index is 11.6. The first-order chi connectivity index (χ1) is 11.2. The quantitative estimate of drug-likeness (QED) is 0.785. The Morgan fingerprint density at radius 2 is 2.26 bits per heavy atom. The summed E-state index contributed by atoms with van der Waals surface area (Å²) in [4.78, 5) is 17.9. The molecule has 1 aromatic carbocycles. The van der Waals surface area contributed by atoms with Gasteiger partial charge in [-0.15, -0.1) is 0 Å². The molecular formula is C16H17N5O2. The number of aromatic amines is 1. The molecule has 1 aliphatic rings. The molecule has 3 heterocycles. The smallest absolute Gasteiger partial charge is 0.231 e. The molecule has 1 amide bonds. The topological polar surface area (TPSA) is 87.9 Å². The van der Waals surface area contributed by atoms with E-state index in [0.29, 0.717) is 24.0 Å². The third-order valence-corrected chi connectivity index (χ3v) is 4.34. The largest absolute Gasteiger partial charge is 0.342 e. The van der Waals surface area contributed by atoms with Crippen molar-refractivity contribution < 1.29 is 9.32 Å². The summed E-state index contributed by atoms with van der Waals surface area (Å²) in [6, 6.07) is 7.83. The van der Waals surface area contributed by atoms with Crippen LogP contribution in [-0.2, 0) is 4.79 Å². The van der Waals surface area contributed by atoms with Crippen molar-refractivity contribution in [2.45, 2.75) is 25.7 Å². The van der Waals surface area contributed by atoms with Crippen molar-refractivity contribution in [3.63, 3.8) is 0 Å². The number of aromatic nitrogens is 4. The third kappa shape index (κ3) is 2.48. The summed E-state index contributed by atoms with van der Waals surface area (Å²) in [5.74, 6) is 1.25. The molecule has 23 heavy (non-hydrogen) atoms. The molecule has 1 fully saturated rings. The van der Waals surface area contributed by atoms with Crippen LogP contribution in [-0.4, -0.2) is 44.2 Å². The lowest BCUT2D eigenvalue weighted by atomic mass is 9.98. The number of para-hydroxylation sites is 1. The van der Waals surface area contributed by atoms with Gasteiger partial charge in [-0.1, -0.05) is 23.4 Å². The number of likely N-dealkylation sites (tertiary alicyclic amines) is 1. The van der Waals surface area contributed by atoms with E-state index in [0.717, 1.165) is 30.3 Å². The summed E-state index contributed by atoms with van der Waals surface area (Å²) in [6.07, 6.45) is 1.90. The van der Waals surface area contributed by atoms with Crippen molar-refractivity contribution in [1.29, 1.82) is 0 Å². The van der Waals surface area contributed by atoms with E-state index in [1.807, 2.05) is 29.2 Å². The van der Waals surface area contributed by atoms with E-state index in [1.54, 1.807) is 6.92 Å². The number of benzene rings is 1. The molecule has 1 aliphatic heterocycles. The normalized spacial score (nSPS) is 18.5. The zero-order valence-corrected chi connectivity index (χ0v) is 12.8. The minimum Gasteiger partial charge on any atom is -0.342 e. The van der Waals surface area contributed by atoms with Gasteiger partial charge in [0.25, 0.3) is 0 Å². The van der Waals surface area contributed by atoms with Crippen LogP contribution in [0.15, 0.2) is 28.8 Å². The number of nitrogens with zero attached hydrogens (tertiary/aromatic N) is 4. The van der Waals surface area contributed by atoms with Gasteiger partial charge in [0.2, 0.25) is 17.6 Å². The van der Waals surface area contributed by atoms with Crippen LogP contribution >= 0.6 is 0 Å². The molecule has 1 saturated heterocycles. The van der Waals surface area contributed by atoms with Crippen LogP contribution in [0.1, 0.15) is 31.6 Å². The molecule has 0 saturated carbocycles. The van der Waals surface area contributed by atoms with Crippen molar-refractivity contribution in [2.24, 2.45) is 0 Å². The second-order valence-electron chi connectivity index (χ2n) is 5.88. The van der Waals surface area contributed by atoms with Crippen LogP contribution in [0.5, 0.6) is 0 Å². The first-order valence-corrected chi connectivity index (χ1v) is 7.75. The number of hydrogen-bond donors (Lipinski definition) is 1. The number of piperidine rings is 1. The van der Waals surface area contributed by atoms with E-state index in [9.17, 15) is 4.79 Å². The molecular weight excluding hydrogens is 294 g/mol. The Bertz CT molecular complexity index is 853. The zero-order valence-electron chi connectivity index (χ0n) is 12.8. The first-order valence-electron chi connectivity index (χ1n) is 7.75. The Balaban J connectivity index is 1.63. The number of carbonyl (C=O) groups excluding carboxylic acids is 1. The zero-order chi connectivity index (χ0) is 15.8. The standard InChI is InChI=1S/C16H17N5O2/c1-10(22)21-8-4-5-11(9-21)16-17-15(20-23-16)14-12-6-2-3-7-13(12)18-19-14/h2-3,6-7,11H,4-5,8-9H2,1H3,(H,18,19). The van der Waals surface area contributed by atoms with E-state index in [2.05, 4.69) is 20.3 Å². The summed E-state index contributed by atoms with van der Waals surface area (Å²) in [5, 5.41) is 12.3. The SMILES string of the molecule is CC(=O)N1CCCC(c2nc(-c3n[nH]c4ccccc34)no2)C1. The third-order valence-electron chi connectivity index (χ3n) is 4.34. The van der Waals surface area contributed by atoms with E-state index in [4.69, 9.17) is 4.52 Å². The lowest BCUT2D eigenvalue weighted by Gasteiger charge is -2.29. The van der Waals surface area contributed by atoms with Gasteiger partial charge in [-0.2, -0.15) is 10.1 Å². The summed E-state index contributed by atoms with van der Waals surface area (Å²) in [7, 11) is 0. The maximum absolute atomic E-state index is 11.6. The first kappa shape index (κ1) is 13.9. The van der Waals surface area contributed by atoms with Gasteiger partial charge in [0.05, 0.1) is 11.4 Å². The molecule has 2 aromatic heterocycles. The summed E-state index contributed by atoms with van der Waals surface area (Å²) in [6.45, 7) is 3.03. The minimum atomic E-state index is 0.0905. The van der Waals surface area contributed by atoms with Crippen LogP contribution in [0.2, 0.25) is 0 Å². The molecule has 1 N–H and O–H groups in total. The van der Waals surface area contributed by atoms with Gasteiger partial charge in [0.15, 0.2) is 0 Å². The van der Waals surface area contributed by atoms with Crippen LogP contribution in [0.3, 0.4) is 0 Å². The van der Waals surface area contributed by atoms with Gasteiger partial charge in [-0.3, -0.25) is 9.89 Å². The Kier molecular flexibility index (Phi) is 3.33. The molecule has 3 aromatic rings. The number of fused-ring (bicyclic) bond motifs is 1. The molecule has 4 rings (SSSR count). The number of H-pyrrole nitrogens is 1. The molecule has 1 atom stereocenters. The van der Waals surface area contributed by atoms with Crippen molar-refractivity contribution in [2.75, 3.05) is 13.1 Å². The minimum absolute atomic E-state index is 0.0905. The second kappa shape index (κ2) is 5.49. The average Bonchev–Trinajstić information content (AvgIpc) is 3.21. The van der Waals surface area contributed by atoms with E-state index >= 15 is 0 Å². The van der Waals surface area contributed by atoms with Crippen LogP contribution < -0.4 is 0 Å². The highest BCUT2D eigenvalue weighted by atomic mass is 16.5. The van der Waals surface area contributed by atoms with E-state index in [1.165, 1.54) is 0 Å². The van der Waals surface area contributed by atoms with Crippen molar-refractivity contribution in [1.82, 2.24) is 25.2 Å². The lowest BCUT2D eigenvalue weighted by molar-refractivity contribution is -0.130. The van der Waals surface area contributed by atoms with Crippen molar-refractivity contribution in [3.05, 3.63) is 30.2 Å². The highest BCUT2D eigenvalue weighted by Gasteiger charge is 2.27. The molecule has 0 bridgehead atoms. The van der Waals surface area contributed by atoms with Gasteiger partial charge >= 0.3 is 0 Å². The van der Waals surface area contributed by atoms with Gasteiger partial charge in [0.1, 0.15) is 5.69 Å². The molecule has 0 aliphatic carbocycles. The van der Waals surface area contributed by atoms with Crippen molar-refractivity contribution >= 4 is 16.8 Å². The van der Waals surface area contributed by atoms with Crippen LogP contribution in [0.4, 0.5) is 0 Å². The van der Waals surface area contributed by atoms with E-state index < -0.39 is 0 Å². The lowest BCUT2D eigenvalue weighted by Crippen LogP contribution is -2.37.